The van der Waals surface area contributed by atoms with Gasteiger partial charge in [-0.25, -0.2) is 8.42 Å². The first-order valence-electron chi connectivity index (χ1n) is 5.81. The number of amides is 1. The van der Waals surface area contributed by atoms with Gasteiger partial charge in [0.25, 0.3) is 15.0 Å². The minimum atomic E-state index is -4.05. The van der Waals surface area contributed by atoms with E-state index < -0.39 is 15.0 Å². The Balaban J connectivity index is 3.42. The highest BCUT2D eigenvalue weighted by Crippen LogP contribution is 2.33. The lowest BCUT2D eigenvalue weighted by Gasteiger charge is -2.25. The third-order valence-electron chi connectivity index (χ3n) is 3.10. The fraction of sp³-hybridized carbons (Fsp3) is 0.417. The molecule has 1 atom stereocenters. The summed E-state index contributed by atoms with van der Waals surface area (Å²) in [4.78, 5) is 13.5. The Morgan fingerprint density at radius 1 is 1.35 bits per heavy atom. The zero-order valence-corrected chi connectivity index (χ0v) is 14.2. The van der Waals surface area contributed by atoms with E-state index in [1.54, 1.807) is 7.05 Å². The van der Waals surface area contributed by atoms with Gasteiger partial charge in [0, 0.05) is 23.8 Å². The molecule has 20 heavy (non-hydrogen) atoms. The fourth-order valence-corrected chi connectivity index (χ4v) is 3.46. The summed E-state index contributed by atoms with van der Waals surface area (Å²) in [5.41, 5.74) is -0.0575. The van der Waals surface area contributed by atoms with Crippen molar-refractivity contribution in [2.75, 3.05) is 7.05 Å². The predicted octanol–water partition coefficient (Wildman–Crippen LogP) is 3.79. The number of benzene rings is 1. The van der Waals surface area contributed by atoms with Gasteiger partial charge in [0.15, 0.2) is 0 Å². The van der Waals surface area contributed by atoms with Crippen molar-refractivity contribution in [2.24, 2.45) is 0 Å². The van der Waals surface area contributed by atoms with Gasteiger partial charge in [-0.05, 0) is 25.5 Å². The average molecular weight is 359 g/mol. The first-order valence-corrected chi connectivity index (χ1v) is 8.87. The van der Waals surface area contributed by atoms with Gasteiger partial charge in [0.2, 0.25) is 0 Å². The topological polar surface area (TPSA) is 54.5 Å². The van der Waals surface area contributed by atoms with Gasteiger partial charge in [-0.1, -0.05) is 30.1 Å². The summed E-state index contributed by atoms with van der Waals surface area (Å²) < 4.78 is 22.8. The smallest absolute Gasteiger partial charge is 0.262 e. The highest BCUT2D eigenvalue weighted by atomic mass is 35.7. The first kappa shape index (κ1) is 17.6. The van der Waals surface area contributed by atoms with Crippen LogP contribution in [0.3, 0.4) is 0 Å². The van der Waals surface area contributed by atoms with Gasteiger partial charge in [0.1, 0.15) is 4.90 Å². The van der Waals surface area contributed by atoms with Crippen LogP contribution in [-0.4, -0.2) is 32.3 Å². The maximum Gasteiger partial charge on any atom is 0.262 e. The molecule has 0 aromatic heterocycles. The lowest BCUT2D eigenvalue weighted by molar-refractivity contribution is 0.0740. The molecule has 0 saturated carbocycles. The van der Waals surface area contributed by atoms with Crippen LogP contribution in [-0.2, 0) is 9.05 Å². The van der Waals surface area contributed by atoms with Crippen LogP contribution in [0.2, 0.25) is 10.0 Å². The zero-order valence-electron chi connectivity index (χ0n) is 11.2. The van der Waals surface area contributed by atoms with Gasteiger partial charge >= 0.3 is 0 Å². The number of rotatable bonds is 4. The monoisotopic (exact) mass is 357 g/mol. The molecule has 0 spiro atoms. The van der Waals surface area contributed by atoms with Crippen molar-refractivity contribution in [3.63, 3.8) is 0 Å². The van der Waals surface area contributed by atoms with Crippen molar-refractivity contribution in [2.45, 2.75) is 31.2 Å². The molecule has 4 nitrogen and oxygen atoms in total. The number of halogens is 3. The molecule has 0 N–H and O–H groups in total. The van der Waals surface area contributed by atoms with Gasteiger partial charge in [-0.3, -0.25) is 4.79 Å². The maximum atomic E-state index is 12.4. The molecule has 112 valence electrons. The molecule has 1 rings (SSSR count). The Hall–Kier alpha value is -0.490. The van der Waals surface area contributed by atoms with E-state index in [-0.39, 0.29) is 26.5 Å². The molecular weight excluding hydrogens is 345 g/mol. The number of carbonyl (C=O) groups is 1. The Labute approximate surface area is 133 Å². The van der Waals surface area contributed by atoms with E-state index in [0.29, 0.717) is 0 Å². The summed E-state index contributed by atoms with van der Waals surface area (Å²) in [5.74, 6) is -0.448. The van der Waals surface area contributed by atoms with Crippen molar-refractivity contribution >= 4 is 48.8 Å². The van der Waals surface area contributed by atoms with Crippen molar-refractivity contribution in [1.82, 2.24) is 4.90 Å². The standard InChI is InChI=1S/C12H14Cl3NO3S/c1-4-7(2)16(3)12(17)10-8(13)5-6-9(11(10)14)20(15,18)19/h5-7H,4H2,1-3H3. The molecule has 0 aliphatic rings. The minimum Gasteiger partial charge on any atom is -0.339 e. The van der Waals surface area contributed by atoms with Crippen molar-refractivity contribution in [3.8, 4) is 0 Å². The van der Waals surface area contributed by atoms with E-state index in [4.69, 9.17) is 33.9 Å². The number of hydrogen-bond acceptors (Lipinski definition) is 3. The van der Waals surface area contributed by atoms with Crippen molar-refractivity contribution in [1.29, 1.82) is 0 Å². The lowest BCUT2D eigenvalue weighted by Crippen LogP contribution is -2.35. The third kappa shape index (κ3) is 3.58. The van der Waals surface area contributed by atoms with E-state index in [1.807, 2.05) is 13.8 Å². The van der Waals surface area contributed by atoms with Crippen LogP contribution >= 0.6 is 33.9 Å². The summed E-state index contributed by atoms with van der Waals surface area (Å²) in [6, 6.07) is 2.43. The van der Waals surface area contributed by atoms with Crippen LogP contribution in [0.4, 0.5) is 0 Å². The van der Waals surface area contributed by atoms with Gasteiger partial charge < -0.3 is 4.90 Å². The molecule has 0 radical (unpaired) electrons. The Morgan fingerprint density at radius 2 is 1.90 bits per heavy atom. The number of hydrogen-bond donors (Lipinski definition) is 0. The lowest BCUT2D eigenvalue weighted by atomic mass is 10.1. The molecule has 1 unspecified atom stereocenters. The van der Waals surface area contributed by atoms with Crippen molar-refractivity contribution in [3.05, 3.63) is 27.7 Å². The Kier molecular flexibility index (Phi) is 5.72. The number of nitrogens with zero attached hydrogens (tertiary/aromatic N) is 1. The highest BCUT2D eigenvalue weighted by molar-refractivity contribution is 8.13. The summed E-state index contributed by atoms with van der Waals surface area (Å²) in [6.07, 6.45) is 0.741. The molecule has 0 bridgehead atoms. The Morgan fingerprint density at radius 3 is 2.35 bits per heavy atom. The minimum absolute atomic E-state index is 0.0362. The summed E-state index contributed by atoms with van der Waals surface area (Å²) >= 11 is 12.0. The van der Waals surface area contributed by atoms with E-state index in [9.17, 15) is 13.2 Å². The van der Waals surface area contributed by atoms with Crippen molar-refractivity contribution < 1.29 is 13.2 Å². The van der Waals surface area contributed by atoms with E-state index >= 15 is 0 Å². The van der Waals surface area contributed by atoms with E-state index in [1.165, 1.54) is 17.0 Å². The zero-order chi connectivity index (χ0) is 15.7. The molecule has 8 heteroatoms. The van der Waals surface area contributed by atoms with Gasteiger partial charge in [-0.15, -0.1) is 0 Å². The first-order chi connectivity index (χ1) is 9.11. The second kappa shape index (κ2) is 6.52. The second-order valence-electron chi connectivity index (χ2n) is 4.35. The molecule has 0 aliphatic carbocycles. The van der Waals surface area contributed by atoms with Crippen LogP contribution < -0.4 is 0 Å². The Bertz CT molecular complexity index is 631. The summed E-state index contributed by atoms with van der Waals surface area (Å²) in [7, 11) is 2.84. The molecule has 0 aliphatic heterocycles. The predicted molar refractivity (Wildman–Crippen MR) is 81.3 cm³/mol. The van der Waals surface area contributed by atoms with Gasteiger partial charge in [-0.2, -0.15) is 0 Å². The molecular formula is C12H14Cl3NO3S. The quantitative estimate of drug-likeness (QED) is 0.769. The molecule has 1 aromatic rings. The molecule has 0 fully saturated rings. The average Bonchev–Trinajstić information content (AvgIpc) is 2.35. The molecule has 1 amide bonds. The normalized spacial score (nSPS) is 13.1. The van der Waals surface area contributed by atoms with Crippen LogP contribution in [0.5, 0.6) is 0 Å². The largest absolute Gasteiger partial charge is 0.339 e. The van der Waals surface area contributed by atoms with Gasteiger partial charge in [0.05, 0.1) is 15.6 Å². The number of carbonyl (C=O) groups excluding carboxylic acids is 1. The highest BCUT2D eigenvalue weighted by Gasteiger charge is 2.26. The van der Waals surface area contributed by atoms with E-state index in [2.05, 4.69) is 0 Å². The molecule has 0 heterocycles. The second-order valence-corrected chi connectivity index (χ2v) is 7.67. The van der Waals surface area contributed by atoms with Crippen LogP contribution in [0.1, 0.15) is 30.6 Å². The van der Waals surface area contributed by atoms with Crippen LogP contribution in [0.15, 0.2) is 17.0 Å². The SMILES string of the molecule is CCC(C)N(C)C(=O)c1c(Cl)ccc(S(=O)(=O)Cl)c1Cl. The summed E-state index contributed by atoms with van der Waals surface area (Å²) in [6.45, 7) is 3.79. The third-order valence-corrected chi connectivity index (χ3v) is 5.29. The fourth-order valence-electron chi connectivity index (χ4n) is 1.57. The van der Waals surface area contributed by atoms with Crippen LogP contribution in [0.25, 0.3) is 0 Å². The molecule has 1 aromatic carbocycles. The molecule has 0 saturated heterocycles. The van der Waals surface area contributed by atoms with E-state index in [0.717, 1.165) is 6.42 Å². The summed E-state index contributed by atoms with van der Waals surface area (Å²) in [5, 5.41) is -0.174. The van der Waals surface area contributed by atoms with Crippen LogP contribution in [0, 0.1) is 0 Å². The maximum absolute atomic E-state index is 12.4.